The number of carbonyl (C=O) groups is 2. The lowest BCUT2D eigenvalue weighted by atomic mass is 9.92. The lowest BCUT2D eigenvalue weighted by Gasteiger charge is -2.31. The second kappa shape index (κ2) is 11.5. The molecule has 1 aromatic heterocycles. The van der Waals surface area contributed by atoms with Gasteiger partial charge in [-0.1, -0.05) is 30.2 Å². The minimum absolute atomic E-state index is 0.0822. The number of nitrogens with one attached hydrogen (secondary N) is 1. The van der Waals surface area contributed by atoms with Crippen LogP contribution in [0.3, 0.4) is 0 Å². The van der Waals surface area contributed by atoms with E-state index in [9.17, 15) is 9.59 Å². The molecule has 1 amide bonds. The zero-order chi connectivity index (χ0) is 26.6. The number of methoxy groups -OCH3 is 2. The largest absolute Gasteiger partial charge is 0.493 e. The molecule has 38 heavy (non-hydrogen) atoms. The number of carbonyl (C=O) groups excluding carboxylic acids is 2. The van der Waals surface area contributed by atoms with Gasteiger partial charge in [0, 0.05) is 22.3 Å². The first-order valence-corrected chi connectivity index (χ1v) is 13.1. The number of hydrogen-bond donors (Lipinski definition) is 1. The van der Waals surface area contributed by atoms with E-state index in [-0.39, 0.29) is 24.5 Å². The summed E-state index contributed by atoms with van der Waals surface area (Å²) in [6.45, 7) is 0.463. The standard InChI is InChI=1S/C29H31ClN2O6/c1-35-25-11-5-7-19(29(25)36-2)28-20-15-18(30)12-13-22(20)32-14-6-9-23(32)26(38-28)16-27(34)31-21-8-3-4-10-24(21)37-17-33/h5-7,9,11-15,17,21,24,26,28H,3-4,8,10,16H2,1-2H3,(H,31,34)/t21-,24+,26+,28+/m1/s1. The lowest BCUT2D eigenvalue weighted by Crippen LogP contribution is -2.46. The van der Waals surface area contributed by atoms with E-state index in [0.29, 0.717) is 23.0 Å². The van der Waals surface area contributed by atoms with Gasteiger partial charge in [-0.3, -0.25) is 9.59 Å². The number of halogens is 1. The molecular formula is C29H31ClN2O6. The highest BCUT2D eigenvalue weighted by atomic mass is 35.5. The third kappa shape index (κ3) is 5.11. The van der Waals surface area contributed by atoms with Crippen LogP contribution in [0.4, 0.5) is 0 Å². The highest BCUT2D eigenvalue weighted by Crippen LogP contribution is 2.46. The van der Waals surface area contributed by atoms with Crippen LogP contribution < -0.4 is 14.8 Å². The third-order valence-corrected chi connectivity index (χ3v) is 7.54. The van der Waals surface area contributed by atoms with Gasteiger partial charge in [0.1, 0.15) is 18.3 Å². The number of hydrogen-bond acceptors (Lipinski definition) is 6. The van der Waals surface area contributed by atoms with Crippen LogP contribution in [0.2, 0.25) is 5.02 Å². The molecule has 4 atom stereocenters. The monoisotopic (exact) mass is 538 g/mol. The maximum absolute atomic E-state index is 13.4. The molecule has 0 spiro atoms. The van der Waals surface area contributed by atoms with Gasteiger partial charge >= 0.3 is 0 Å². The van der Waals surface area contributed by atoms with Crippen molar-refractivity contribution in [2.75, 3.05) is 14.2 Å². The zero-order valence-electron chi connectivity index (χ0n) is 21.4. The Hall–Kier alpha value is -3.49. The van der Waals surface area contributed by atoms with E-state index in [0.717, 1.165) is 48.2 Å². The van der Waals surface area contributed by atoms with Gasteiger partial charge in [-0.25, -0.2) is 0 Å². The molecule has 9 heteroatoms. The molecule has 5 rings (SSSR count). The molecule has 0 bridgehead atoms. The number of aromatic nitrogens is 1. The normalized spacial score (nSPS) is 22.4. The Bertz CT molecular complexity index is 1310. The average molecular weight is 539 g/mol. The molecule has 2 aromatic carbocycles. The number of benzene rings is 2. The summed E-state index contributed by atoms with van der Waals surface area (Å²) in [6.07, 6.45) is 3.99. The van der Waals surface area contributed by atoms with Crippen LogP contribution in [0, 0.1) is 0 Å². The summed E-state index contributed by atoms with van der Waals surface area (Å²) < 4.78 is 25.4. The van der Waals surface area contributed by atoms with Gasteiger partial charge in [-0.15, -0.1) is 0 Å². The highest BCUT2D eigenvalue weighted by molar-refractivity contribution is 6.30. The molecule has 0 saturated heterocycles. The van der Waals surface area contributed by atoms with Gasteiger partial charge in [-0.2, -0.15) is 0 Å². The fourth-order valence-corrected chi connectivity index (χ4v) is 5.76. The predicted molar refractivity (Wildman–Crippen MR) is 142 cm³/mol. The van der Waals surface area contributed by atoms with Gasteiger partial charge < -0.3 is 28.8 Å². The maximum Gasteiger partial charge on any atom is 0.293 e. The first kappa shape index (κ1) is 26.1. The Labute approximate surface area is 226 Å². The number of ether oxygens (including phenoxy) is 4. The van der Waals surface area contributed by atoms with E-state index in [2.05, 4.69) is 5.32 Å². The summed E-state index contributed by atoms with van der Waals surface area (Å²) in [5.41, 5.74) is 3.35. The van der Waals surface area contributed by atoms with Crippen LogP contribution in [0.5, 0.6) is 11.5 Å². The molecular weight excluding hydrogens is 508 g/mol. The first-order chi connectivity index (χ1) is 18.5. The number of nitrogens with zero attached hydrogens (tertiary/aromatic N) is 1. The molecule has 1 saturated carbocycles. The van der Waals surface area contributed by atoms with Gasteiger partial charge in [0.05, 0.1) is 38.1 Å². The van der Waals surface area contributed by atoms with Crippen molar-refractivity contribution in [3.63, 3.8) is 0 Å². The summed E-state index contributed by atoms with van der Waals surface area (Å²) in [5.74, 6) is 0.958. The van der Waals surface area contributed by atoms with E-state index in [4.69, 9.17) is 30.5 Å². The predicted octanol–water partition coefficient (Wildman–Crippen LogP) is 5.30. The molecule has 2 aliphatic rings. The quantitative estimate of drug-likeness (QED) is 0.392. The zero-order valence-corrected chi connectivity index (χ0v) is 22.1. The van der Waals surface area contributed by atoms with Crippen molar-refractivity contribution in [3.8, 4) is 17.2 Å². The summed E-state index contributed by atoms with van der Waals surface area (Å²) in [4.78, 5) is 24.3. The lowest BCUT2D eigenvalue weighted by molar-refractivity contribution is -0.139. The Morgan fingerprint density at radius 3 is 2.74 bits per heavy atom. The van der Waals surface area contributed by atoms with E-state index in [1.54, 1.807) is 14.2 Å². The van der Waals surface area contributed by atoms with Gasteiger partial charge in [-0.05, 0) is 55.7 Å². The Balaban J connectivity index is 1.51. The molecule has 200 valence electrons. The second-order valence-corrected chi connectivity index (χ2v) is 9.96. The van der Waals surface area contributed by atoms with Crippen molar-refractivity contribution in [1.82, 2.24) is 9.88 Å². The van der Waals surface area contributed by atoms with Crippen molar-refractivity contribution >= 4 is 24.0 Å². The van der Waals surface area contributed by atoms with Crippen molar-refractivity contribution in [2.45, 2.75) is 56.5 Å². The molecule has 0 unspecified atom stereocenters. The fraction of sp³-hybridized carbons (Fsp3) is 0.379. The minimum Gasteiger partial charge on any atom is -0.493 e. The summed E-state index contributed by atoms with van der Waals surface area (Å²) in [7, 11) is 3.18. The van der Waals surface area contributed by atoms with Crippen LogP contribution in [0.25, 0.3) is 5.69 Å². The van der Waals surface area contributed by atoms with Gasteiger partial charge in [0.25, 0.3) is 6.47 Å². The number of amides is 1. The molecule has 8 nitrogen and oxygen atoms in total. The van der Waals surface area contributed by atoms with Gasteiger partial charge in [0.2, 0.25) is 5.91 Å². The van der Waals surface area contributed by atoms with Crippen LogP contribution in [-0.2, 0) is 19.1 Å². The van der Waals surface area contributed by atoms with Crippen molar-refractivity contribution < 1.29 is 28.5 Å². The van der Waals surface area contributed by atoms with Crippen molar-refractivity contribution in [2.24, 2.45) is 0 Å². The third-order valence-electron chi connectivity index (χ3n) is 7.31. The van der Waals surface area contributed by atoms with E-state index < -0.39 is 12.2 Å². The molecule has 1 aliphatic heterocycles. The van der Waals surface area contributed by atoms with Crippen molar-refractivity contribution in [3.05, 3.63) is 76.6 Å². The van der Waals surface area contributed by atoms with Gasteiger partial charge in [0.15, 0.2) is 11.5 Å². The molecule has 0 radical (unpaired) electrons. The van der Waals surface area contributed by atoms with Crippen LogP contribution in [0.15, 0.2) is 54.7 Å². The summed E-state index contributed by atoms with van der Waals surface area (Å²) >= 11 is 6.46. The van der Waals surface area contributed by atoms with E-state index >= 15 is 0 Å². The van der Waals surface area contributed by atoms with E-state index in [1.807, 2.05) is 59.3 Å². The molecule has 3 aromatic rings. The van der Waals surface area contributed by atoms with Crippen LogP contribution in [0.1, 0.15) is 61.1 Å². The van der Waals surface area contributed by atoms with E-state index in [1.165, 1.54) is 0 Å². The van der Waals surface area contributed by atoms with Crippen molar-refractivity contribution in [1.29, 1.82) is 0 Å². The molecule has 1 fully saturated rings. The Morgan fingerprint density at radius 1 is 1.11 bits per heavy atom. The maximum atomic E-state index is 13.4. The van der Waals surface area contributed by atoms with Crippen LogP contribution in [-0.4, -0.2) is 43.3 Å². The highest BCUT2D eigenvalue weighted by Gasteiger charge is 2.35. The molecule has 2 heterocycles. The average Bonchev–Trinajstić information content (AvgIpc) is 3.37. The Morgan fingerprint density at radius 2 is 1.95 bits per heavy atom. The molecule has 1 N–H and O–H groups in total. The number of para-hydroxylation sites is 1. The Kier molecular flexibility index (Phi) is 7.90. The summed E-state index contributed by atoms with van der Waals surface area (Å²) in [6, 6.07) is 15.0. The first-order valence-electron chi connectivity index (χ1n) is 12.8. The number of fused-ring (bicyclic) bond motifs is 3. The number of rotatable bonds is 8. The summed E-state index contributed by atoms with van der Waals surface area (Å²) in [5, 5.41) is 3.66. The second-order valence-electron chi connectivity index (χ2n) is 9.53. The molecule has 1 aliphatic carbocycles. The minimum atomic E-state index is -0.590. The fourth-order valence-electron chi connectivity index (χ4n) is 5.58. The smallest absolute Gasteiger partial charge is 0.293 e. The topological polar surface area (TPSA) is 88.0 Å². The SMILES string of the molecule is COc1cccc([C@@H]2O[C@@H](CC(=O)N[C@@H]3CCCC[C@@H]3OC=O)c3cccn3-c3ccc(Cl)cc32)c1OC. The van der Waals surface area contributed by atoms with Crippen LogP contribution >= 0.6 is 11.6 Å².